The summed E-state index contributed by atoms with van der Waals surface area (Å²) in [6.07, 6.45) is 5.20. The number of hydrogen-bond donors (Lipinski definition) is 1. The van der Waals surface area contributed by atoms with E-state index in [1.54, 1.807) is 40.0 Å². The van der Waals surface area contributed by atoms with Crippen molar-refractivity contribution in [2.75, 3.05) is 25.0 Å². The zero-order chi connectivity index (χ0) is 22.0. The number of aliphatic imine (C=N–C) groups is 1. The smallest absolute Gasteiger partial charge is 0.255 e. The number of fused-ring (bicyclic) bond motifs is 2. The molecule has 0 bridgehead atoms. The summed E-state index contributed by atoms with van der Waals surface area (Å²) in [5.41, 5.74) is 3.33. The largest absolute Gasteiger partial charge is 0.366 e. The number of nitriles is 2. The van der Waals surface area contributed by atoms with Crippen LogP contribution in [0.4, 0.5) is 5.82 Å². The van der Waals surface area contributed by atoms with Crippen molar-refractivity contribution in [2.45, 2.75) is 19.4 Å². The summed E-state index contributed by atoms with van der Waals surface area (Å²) >= 11 is 0. The van der Waals surface area contributed by atoms with Crippen LogP contribution in [0.5, 0.6) is 0 Å². The molecule has 8 heteroatoms. The van der Waals surface area contributed by atoms with Crippen LogP contribution in [0.3, 0.4) is 0 Å². The Kier molecular flexibility index (Phi) is 5.14. The molecule has 0 radical (unpaired) electrons. The van der Waals surface area contributed by atoms with E-state index in [0.29, 0.717) is 30.2 Å². The minimum atomic E-state index is -0.530. The summed E-state index contributed by atoms with van der Waals surface area (Å²) in [4.78, 5) is 23.0. The van der Waals surface area contributed by atoms with Gasteiger partial charge < -0.3 is 14.6 Å². The summed E-state index contributed by atoms with van der Waals surface area (Å²) in [6, 6.07) is 13.5. The Balaban J connectivity index is 1.42. The lowest BCUT2D eigenvalue weighted by Crippen LogP contribution is -2.39. The van der Waals surface area contributed by atoms with E-state index in [4.69, 9.17) is 10.5 Å². The Labute approximate surface area is 180 Å². The molecule has 1 amide bonds. The molecule has 1 aliphatic rings. The van der Waals surface area contributed by atoms with Gasteiger partial charge in [-0.3, -0.25) is 9.79 Å². The number of aromatic nitrogens is 2. The third-order valence-electron chi connectivity index (χ3n) is 5.55. The normalized spacial score (nSPS) is 14.6. The van der Waals surface area contributed by atoms with Crippen molar-refractivity contribution >= 4 is 23.5 Å². The van der Waals surface area contributed by atoms with Gasteiger partial charge in [-0.2, -0.15) is 10.5 Å². The van der Waals surface area contributed by atoms with Crippen molar-refractivity contribution in [1.29, 1.82) is 10.5 Å². The topological polar surface area (TPSA) is 110 Å². The highest BCUT2D eigenvalue weighted by molar-refractivity contribution is 6.01. The van der Waals surface area contributed by atoms with Crippen LogP contribution in [-0.4, -0.2) is 46.0 Å². The minimum Gasteiger partial charge on any atom is -0.366 e. The second-order valence-corrected chi connectivity index (χ2v) is 7.74. The number of nitrogens with one attached hydrogen (secondary N) is 1. The van der Waals surface area contributed by atoms with Gasteiger partial charge in [0.25, 0.3) is 5.91 Å². The molecule has 154 valence electrons. The summed E-state index contributed by atoms with van der Waals surface area (Å²) in [5.74, 6) is 0.593. The van der Waals surface area contributed by atoms with E-state index >= 15 is 0 Å². The molecule has 1 aliphatic heterocycles. The number of rotatable bonds is 6. The minimum absolute atomic E-state index is 0.0634. The summed E-state index contributed by atoms with van der Waals surface area (Å²) < 4.78 is 1.79. The lowest BCUT2D eigenvalue weighted by atomic mass is 9.92. The first-order valence-electron chi connectivity index (χ1n) is 9.90. The first-order valence-corrected chi connectivity index (χ1v) is 9.90. The Morgan fingerprint density at radius 2 is 2.10 bits per heavy atom. The first kappa shape index (κ1) is 20.1. The maximum atomic E-state index is 12.6. The Bertz CT molecular complexity index is 1270. The monoisotopic (exact) mass is 411 g/mol. The summed E-state index contributed by atoms with van der Waals surface area (Å²) in [6.45, 7) is 5.08. The van der Waals surface area contributed by atoms with Gasteiger partial charge in [-0.1, -0.05) is 6.07 Å². The van der Waals surface area contributed by atoms with E-state index in [-0.39, 0.29) is 12.5 Å². The molecule has 1 aromatic carbocycles. The maximum absolute atomic E-state index is 12.6. The van der Waals surface area contributed by atoms with Crippen molar-refractivity contribution in [3.05, 3.63) is 65.1 Å². The number of carbonyl (C=O) groups excluding carboxylic acids is 1. The van der Waals surface area contributed by atoms with Crippen LogP contribution in [-0.2, 0) is 5.54 Å². The summed E-state index contributed by atoms with van der Waals surface area (Å²) in [5, 5.41) is 21.4. The fraction of sp³-hybridized carbons (Fsp3) is 0.261. The zero-order valence-electron chi connectivity index (χ0n) is 17.3. The number of carbonyl (C=O) groups is 1. The van der Waals surface area contributed by atoms with Gasteiger partial charge in [-0.15, -0.1) is 0 Å². The van der Waals surface area contributed by atoms with Crippen LogP contribution in [0.2, 0.25) is 0 Å². The highest BCUT2D eigenvalue weighted by Gasteiger charge is 2.42. The molecular weight excluding hydrogens is 390 g/mol. The maximum Gasteiger partial charge on any atom is 0.255 e. The number of nitrogens with zero attached hydrogens (tertiary/aromatic N) is 6. The number of anilines is 1. The van der Waals surface area contributed by atoms with Crippen molar-refractivity contribution in [3.63, 3.8) is 0 Å². The Hall–Kier alpha value is -4.17. The van der Waals surface area contributed by atoms with Crippen molar-refractivity contribution < 1.29 is 4.79 Å². The second kappa shape index (κ2) is 7.92. The first-order chi connectivity index (χ1) is 15.0. The van der Waals surface area contributed by atoms with Crippen LogP contribution in [0, 0.1) is 22.7 Å². The van der Waals surface area contributed by atoms with Crippen LogP contribution in [0.15, 0.2) is 47.7 Å². The van der Waals surface area contributed by atoms with E-state index in [2.05, 4.69) is 27.4 Å². The third-order valence-corrected chi connectivity index (χ3v) is 5.55. The fourth-order valence-corrected chi connectivity index (χ4v) is 3.90. The van der Waals surface area contributed by atoms with E-state index in [1.165, 1.54) is 0 Å². The fourth-order valence-electron chi connectivity index (χ4n) is 3.90. The van der Waals surface area contributed by atoms with Gasteiger partial charge in [0.05, 0.1) is 23.7 Å². The number of benzene rings is 1. The van der Waals surface area contributed by atoms with Crippen molar-refractivity contribution in [3.8, 4) is 12.1 Å². The van der Waals surface area contributed by atoms with E-state index in [9.17, 15) is 4.79 Å². The molecule has 4 rings (SSSR count). The molecule has 0 spiro atoms. The molecule has 3 heterocycles. The highest BCUT2D eigenvalue weighted by atomic mass is 16.2. The molecule has 0 aliphatic carbocycles. The second-order valence-electron chi connectivity index (χ2n) is 7.74. The number of hydrogen-bond acceptors (Lipinski definition) is 6. The van der Waals surface area contributed by atoms with E-state index in [0.717, 1.165) is 16.6 Å². The van der Waals surface area contributed by atoms with Crippen LogP contribution in [0.1, 0.15) is 41.0 Å². The molecular formula is C23H21N7O. The summed E-state index contributed by atoms with van der Waals surface area (Å²) in [7, 11) is 0. The van der Waals surface area contributed by atoms with Gasteiger partial charge in [0.2, 0.25) is 0 Å². The van der Waals surface area contributed by atoms with Gasteiger partial charge in [0.1, 0.15) is 24.1 Å². The van der Waals surface area contributed by atoms with Crippen molar-refractivity contribution in [1.82, 2.24) is 14.3 Å². The molecule has 0 unspecified atom stereocenters. The van der Waals surface area contributed by atoms with Gasteiger partial charge in [0.15, 0.2) is 0 Å². The van der Waals surface area contributed by atoms with Crippen LogP contribution >= 0.6 is 0 Å². The average Bonchev–Trinajstić information content (AvgIpc) is 3.27. The molecule has 0 fully saturated rings. The third kappa shape index (κ3) is 3.49. The van der Waals surface area contributed by atoms with Gasteiger partial charge >= 0.3 is 0 Å². The molecule has 3 aromatic rings. The molecule has 0 atom stereocenters. The van der Waals surface area contributed by atoms with Crippen molar-refractivity contribution in [2.24, 2.45) is 4.99 Å². The number of amides is 1. The molecule has 0 saturated heterocycles. The quantitative estimate of drug-likeness (QED) is 0.381. The average molecular weight is 411 g/mol. The molecule has 8 nitrogen and oxygen atoms in total. The predicted octanol–water partition coefficient (Wildman–Crippen LogP) is 2.95. The predicted molar refractivity (Wildman–Crippen MR) is 117 cm³/mol. The van der Waals surface area contributed by atoms with Crippen LogP contribution in [0.25, 0.3) is 5.52 Å². The SMILES string of the molecule is CC1(C)c2cc(C=NCCNc3nccn4c(C#N)ccc34)ccc2C(=O)N1CC#N. The molecule has 31 heavy (non-hydrogen) atoms. The standard InChI is InChI=1S/C23H21N7O/c1-23(2)19-13-16(3-5-18(19)22(31)30(23)11-7-24)15-26-8-9-27-21-20-6-4-17(14-25)29(20)12-10-28-21/h3-6,10,12-13,15H,8-9,11H2,1-2H3,(H,27,28). The van der Waals surface area contributed by atoms with Gasteiger partial charge in [-0.05, 0) is 49.2 Å². The van der Waals surface area contributed by atoms with Crippen LogP contribution < -0.4 is 5.32 Å². The lowest BCUT2D eigenvalue weighted by molar-refractivity contribution is 0.0656. The highest BCUT2D eigenvalue weighted by Crippen LogP contribution is 2.38. The Morgan fingerprint density at radius 1 is 1.26 bits per heavy atom. The molecule has 0 saturated carbocycles. The molecule has 2 aromatic heterocycles. The van der Waals surface area contributed by atoms with Gasteiger partial charge in [-0.25, -0.2) is 4.98 Å². The zero-order valence-corrected chi connectivity index (χ0v) is 17.3. The Morgan fingerprint density at radius 3 is 2.87 bits per heavy atom. The molecule has 1 N–H and O–H groups in total. The van der Waals surface area contributed by atoms with Gasteiger partial charge in [0, 0.05) is 30.7 Å². The van der Waals surface area contributed by atoms with E-state index in [1.807, 2.05) is 32.0 Å². The lowest BCUT2D eigenvalue weighted by Gasteiger charge is -2.30. The van der Waals surface area contributed by atoms with E-state index < -0.39 is 5.54 Å².